The molecule has 0 radical (unpaired) electrons. The van der Waals surface area contributed by atoms with Crippen LogP contribution in [-0.2, 0) is 11.3 Å². The molecule has 10 nitrogen and oxygen atoms in total. The molecule has 0 aliphatic carbocycles. The number of anilines is 2. The SMILES string of the molecule is Cl.Cl.O=C1CNc2ccc(=O)n3c2N1CCC3CN1CCC(NCc2cc3c(cn2)OCCO3)CC1. The third-order valence-electron chi connectivity index (χ3n) is 7.25. The fourth-order valence-electron chi connectivity index (χ4n) is 5.46. The Morgan fingerprint density at radius 3 is 2.61 bits per heavy atom. The first-order valence-corrected chi connectivity index (χ1v) is 12.2. The normalized spacial score (nSPS) is 21.1. The Balaban J connectivity index is 0.00000152. The van der Waals surface area contributed by atoms with Crippen LogP contribution in [0.1, 0.15) is 31.0 Å². The van der Waals surface area contributed by atoms with Crippen molar-refractivity contribution in [3.63, 3.8) is 0 Å². The predicted octanol–water partition coefficient (Wildman–Crippen LogP) is 1.82. The summed E-state index contributed by atoms with van der Waals surface area (Å²) < 4.78 is 13.0. The Bertz CT molecular complexity index is 1150. The molecule has 0 bridgehead atoms. The smallest absolute Gasteiger partial charge is 0.252 e. The Morgan fingerprint density at radius 2 is 1.81 bits per heavy atom. The molecule has 2 aromatic heterocycles. The number of aromatic nitrogens is 2. The number of nitrogens with one attached hydrogen (secondary N) is 2. The van der Waals surface area contributed by atoms with Gasteiger partial charge in [0.2, 0.25) is 5.91 Å². The highest BCUT2D eigenvalue weighted by molar-refractivity contribution is 6.01. The number of likely N-dealkylation sites (tertiary alicyclic amines) is 1. The van der Waals surface area contributed by atoms with Crippen LogP contribution >= 0.6 is 24.8 Å². The van der Waals surface area contributed by atoms with Crippen molar-refractivity contribution in [3.8, 4) is 11.5 Å². The minimum absolute atomic E-state index is 0. The van der Waals surface area contributed by atoms with Crippen molar-refractivity contribution in [1.82, 2.24) is 19.8 Å². The van der Waals surface area contributed by atoms with E-state index in [9.17, 15) is 9.59 Å². The number of carbonyl (C=O) groups excluding carboxylic acids is 1. The second-order valence-corrected chi connectivity index (χ2v) is 9.40. The minimum atomic E-state index is -0.0339. The van der Waals surface area contributed by atoms with Crippen LogP contribution in [0.5, 0.6) is 11.5 Å². The van der Waals surface area contributed by atoms with E-state index in [0.29, 0.717) is 38.1 Å². The van der Waals surface area contributed by atoms with Gasteiger partial charge >= 0.3 is 0 Å². The molecule has 1 unspecified atom stereocenters. The number of hydrogen-bond acceptors (Lipinski definition) is 8. The Morgan fingerprint density at radius 1 is 1.03 bits per heavy atom. The Labute approximate surface area is 222 Å². The lowest BCUT2D eigenvalue weighted by Gasteiger charge is -2.42. The van der Waals surface area contributed by atoms with Gasteiger partial charge < -0.3 is 25.0 Å². The van der Waals surface area contributed by atoms with Gasteiger partial charge in [-0.25, -0.2) is 0 Å². The van der Waals surface area contributed by atoms with E-state index in [1.165, 1.54) is 0 Å². The van der Waals surface area contributed by atoms with E-state index in [2.05, 4.69) is 20.5 Å². The van der Waals surface area contributed by atoms with Crippen LogP contribution in [0.3, 0.4) is 0 Å². The van der Waals surface area contributed by atoms with Crippen molar-refractivity contribution in [2.75, 3.05) is 56.2 Å². The number of nitrogens with zero attached hydrogens (tertiary/aromatic N) is 4. The van der Waals surface area contributed by atoms with E-state index in [4.69, 9.17) is 9.47 Å². The van der Waals surface area contributed by atoms with E-state index in [1.807, 2.05) is 10.6 Å². The molecule has 1 amide bonds. The van der Waals surface area contributed by atoms with Crippen LogP contribution in [0.25, 0.3) is 0 Å². The summed E-state index contributed by atoms with van der Waals surface area (Å²) in [6.45, 7) is 5.59. The van der Waals surface area contributed by atoms with Crippen molar-refractivity contribution in [2.45, 2.75) is 37.9 Å². The average molecular weight is 539 g/mol. The summed E-state index contributed by atoms with van der Waals surface area (Å²) in [6.07, 6.45) is 4.64. The van der Waals surface area contributed by atoms with Crippen molar-refractivity contribution in [2.24, 2.45) is 0 Å². The van der Waals surface area contributed by atoms with Crippen molar-refractivity contribution in [1.29, 1.82) is 0 Å². The third kappa shape index (κ3) is 5.13. The number of fused-ring (bicyclic) bond motifs is 1. The monoisotopic (exact) mass is 538 g/mol. The Hall–Kier alpha value is -2.53. The van der Waals surface area contributed by atoms with Gasteiger partial charge in [-0.05, 0) is 38.4 Å². The quantitative estimate of drug-likeness (QED) is 0.594. The largest absolute Gasteiger partial charge is 0.486 e. The molecule has 36 heavy (non-hydrogen) atoms. The fraction of sp³-hybridized carbons (Fsp3) is 0.542. The molecule has 2 aromatic rings. The Kier molecular flexibility index (Phi) is 8.29. The van der Waals surface area contributed by atoms with Crippen molar-refractivity contribution >= 4 is 42.2 Å². The molecule has 2 N–H and O–H groups in total. The van der Waals surface area contributed by atoms with Gasteiger partial charge in [-0.15, -0.1) is 24.8 Å². The standard InChI is InChI=1S/C24H30N6O4.2ClH/c31-22-2-1-19-24-29(23(32)14-27-19)8-5-18(30(22)24)15-28-6-3-16(4-7-28)25-12-17-11-20-21(13-26-17)34-10-9-33-20;;/h1-2,11,13,16,18,25,27H,3-10,12,14-15H2;2*1H. The summed E-state index contributed by atoms with van der Waals surface area (Å²) >= 11 is 0. The molecule has 1 fully saturated rings. The van der Waals surface area contributed by atoms with Gasteiger partial charge in [0.05, 0.1) is 30.2 Å². The molecular formula is C24H32Cl2N6O4. The van der Waals surface area contributed by atoms with Crippen LogP contribution in [0.2, 0.25) is 0 Å². The summed E-state index contributed by atoms with van der Waals surface area (Å²) in [6, 6.07) is 5.88. The summed E-state index contributed by atoms with van der Waals surface area (Å²) in [7, 11) is 0. The van der Waals surface area contributed by atoms with E-state index < -0.39 is 0 Å². The number of piperidine rings is 1. The lowest BCUT2D eigenvalue weighted by Crippen LogP contribution is -2.51. The van der Waals surface area contributed by atoms with Gasteiger partial charge in [0.1, 0.15) is 19.0 Å². The van der Waals surface area contributed by atoms with Crippen LogP contribution in [0, 0.1) is 0 Å². The highest BCUT2D eigenvalue weighted by Gasteiger charge is 2.35. The lowest BCUT2D eigenvalue weighted by molar-refractivity contribution is -0.117. The number of ether oxygens (including phenoxy) is 2. The van der Waals surface area contributed by atoms with Crippen molar-refractivity contribution in [3.05, 3.63) is 40.4 Å². The topological polar surface area (TPSA) is 101 Å². The molecule has 4 aliphatic heterocycles. The molecule has 0 aromatic carbocycles. The molecule has 196 valence electrons. The van der Waals surface area contributed by atoms with Gasteiger partial charge in [0.15, 0.2) is 11.5 Å². The van der Waals surface area contributed by atoms with Gasteiger partial charge in [0.25, 0.3) is 5.56 Å². The van der Waals surface area contributed by atoms with Crippen LogP contribution in [-0.4, -0.2) is 72.3 Å². The van der Waals surface area contributed by atoms with Gasteiger partial charge in [-0.2, -0.15) is 0 Å². The van der Waals surface area contributed by atoms with Crippen LogP contribution in [0.15, 0.2) is 29.2 Å². The molecule has 6 heterocycles. The van der Waals surface area contributed by atoms with Crippen molar-refractivity contribution < 1.29 is 14.3 Å². The second-order valence-electron chi connectivity index (χ2n) is 9.40. The first kappa shape index (κ1) is 26.5. The maximum absolute atomic E-state index is 12.8. The molecule has 12 heteroatoms. The van der Waals surface area contributed by atoms with Crippen LogP contribution in [0.4, 0.5) is 11.5 Å². The number of rotatable bonds is 5. The third-order valence-corrected chi connectivity index (χ3v) is 7.25. The van der Waals surface area contributed by atoms with Gasteiger partial charge in [-0.1, -0.05) is 0 Å². The zero-order chi connectivity index (χ0) is 23.1. The summed E-state index contributed by atoms with van der Waals surface area (Å²) in [5.41, 5.74) is 1.79. The molecule has 0 spiro atoms. The first-order chi connectivity index (χ1) is 16.7. The predicted molar refractivity (Wildman–Crippen MR) is 141 cm³/mol. The number of amides is 1. The van der Waals surface area contributed by atoms with E-state index in [0.717, 1.165) is 61.8 Å². The van der Waals surface area contributed by atoms with E-state index in [-0.39, 0.29) is 48.9 Å². The van der Waals surface area contributed by atoms with E-state index >= 15 is 0 Å². The minimum Gasteiger partial charge on any atom is -0.486 e. The molecule has 1 atom stereocenters. The average Bonchev–Trinajstić information content (AvgIpc) is 2.87. The first-order valence-electron chi connectivity index (χ1n) is 12.2. The molecule has 4 aliphatic rings. The second kappa shape index (κ2) is 11.2. The number of hydrogen-bond donors (Lipinski definition) is 2. The fourth-order valence-corrected chi connectivity index (χ4v) is 5.46. The number of carbonyl (C=O) groups is 1. The molecule has 1 saturated heterocycles. The van der Waals surface area contributed by atoms with E-state index in [1.54, 1.807) is 23.2 Å². The highest BCUT2D eigenvalue weighted by Crippen LogP contribution is 2.35. The zero-order valence-corrected chi connectivity index (χ0v) is 21.6. The maximum atomic E-state index is 12.8. The van der Waals surface area contributed by atoms with Gasteiger partial charge in [-0.3, -0.25) is 24.0 Å². The molecular weight excluding hydrogens is 507 g/mol. The number of pyridine rings is 2. The summed E-state index contributed by atoms with van der Waals surface area (Å²) in [4.78, 5) is 33.8. The highest BCUT2D eigenvalue weighted by atomic mass is 35.5. The number of halogens is 2. The lowest BCUT2D eigenvalue weighted by atomic mass is 10.0. The zero-order valence-electron chi connectivity index (χ0n) is 20.0. The summed E-state index contributed by atoms with van der Waals surface area (Å²) in [5.74, 6) is 2.26. The van der Waals surface area contributed by atoms with Crippen LogP contribution < -0.4 is 30.6 Å². The maximum Gasteiger partial charge on any atom is 0.252 e. The summed E-state index contributed by atoms with van der Waals surface area (Å²) in [5, 5.41) is 6.79. The molecule has 6 rings (SSSR count). The van der Waals surface area contributed by atoms with Gasteiger partial charge in [0, 0.05) is 37.8 Å². The molecule has 0 saturated carbocycles.